The molecule has 0 bridgehead atoms. The van der Waals surface area contributed by atoms with Crippen molar-refractivity contribution < 1.29 is 9.53 Å². The van der Waals surface area contributed by atoms with Gasteiger partial charge in [-0.15, -0.1) is 0 Å². The van der Waals surface area contributed by atoms with Gasteiger partial charge in [-0.1, -0.05) is 17.7 Å². The average molecular weight is 375 g/mol. The van der Waals surface area contributed by atoms with Gasteiger partial charge in [0.2, 0.25) is 11.9 Å². The van der Waals surface area contributed by atoms with E-state index in [4.69, 9.17) is 16.3 Å². The highest BCUT2D eigenvalue weighted by Crippen LogP contribution is 2.29. The van der Waals surface area contributed by atoms with Crippen LogP contribution in [0.5, 0.6) is 0 Å². The molecule has 2 heterocycles. The van der Waals surface area contributed by atoms with Crippen molar-refractivity contribution in [1.29, 1.82) is 0 Å². The quantitative estimate of drug-likeness (QED) is 0.848. The summed E-state index contributed by atoms with van der Waals surface area (Å²) >= 11 is 6.03. The lowest BCUT2D eigenvalue weighted by Crippen LogP contribution is -2.38. The molecule has 0 atom stereocenters. The summed E-state index contributed by atoms with van der Waals surface area (Å²) in [5.74, 6) is 0.243. The van der Waals surface area contributed by atoms with Crippen LogP contribution in [0.25, 0.3) is 16.9 Å². The van der Waals surface area contributed by atoms with E-state index in [1.807, 2.05) is 57.4 Å². The summed E-state index contributed by atoms with van der Waals surface area (Å²) in [6, 6.07) is 1.73. The Morgan fingerprint density at radius 2 is 2.00 bits per heavy atom. The zero-order valence-corrected chi connectivity index (χ0v) is 16.4. The molecule has 1 aliphatic rings. The van der Waals surface area contributed by atoms with Gasteiger partial charge >= 0.3 is 0 Å². The fourth-order valence-corrected chi connectivity index (χ4v) is 2.49. The lowest BCUT2D eigenvalue weighted by atomic mass is 9.93. The van der Waals surface area contributed by atoms with Crippen LogP contribution >= 0.6 is 11.6 Å². The zero-order chi connectivity index (χ0) is 19.1. The number of rotatable bonds is 5. The molecular formula is C19H23ClN4O2. The molecule has 2 aromatic heterocycles. The van der Waals surface area contributed by atoms with E-state index in [0.29, 0.717) is 28.7 Å². The van der Waals surface area contributed by atoms with Crippen LogP contribution in [0.1, 0.15) is 34.6 Å². The first-order valence-corrected chi connectivity index (χ1v) is 8.83. The number of pyridine rings is 1. The van der Waals surface area contributed by atoms with E-state index < -0.39 is 5.41 Å². The zero-order valence-electron chi connectivity index (χ0n) is 15.6. The van der Waals surface area contributed by atoms with Crippen LogP contribution < -0.4 is 5.32 Å². The Hall–Kier alpha value is -2.18. The summed E-state index contributed by atoms with van der Waals surface area (Å²) in [4.78, 5) is 21.7. The number of anilines is 1. The lowest BCUT2D eigenvalue weighted by Gasteiger charge is -2.28. The molecule has 2 aromatic rings. The first kappa shape index (κ1) is 18.6. The van der Waals surface area contributed by atoms with E-state index in [2.05, 4.69) is 15.3 Å². The number of fused-ring (bicyclic) bond motifs is 1. The van der Waals surface area contributed by atoms with Crippen molar-refractivity contribution >= 4 is 40.3 Å². The fraction of sp³-hybridized carbons (Fsp3) is 0.421. The number of nitrogens with one attached hydrogen (secondary N) is 1. The first-order chi connectivity index (χ1) is 12.1. The highest BCUT2D eigenvalue weighted by molar-refractivity contribution is 6.31. The molecule has 26 heavy (non-hydrogen) atoms. The molecule has 0 unspecified atom stereocenters. The van der Waals surface area contributed by atoms with Crippen molar-refractivity contribution in [1.82, 2.24) is 14.5 Å². The van der Waals surface area contributed by atoms with Crippen molar-refractivity contribution in [2.75, 3.05) is 11.9 Å². The third-order valence-corrected chi connectivity index (χ3v) is 4.17. The largest absolute Gasteiger partial charge is 0.375 e. The van der Waals surface area contributed by atoms with Crippen LogP contribution in [0.4, 0.5) is 5.95 Å². The molecular weight excluding hydrogens is 352 g/mol. The van der Waals surface area contributed by atoms with Gasteiger partial charge < -0.3 is 4.74 Å². The molecule has 1 amide bonds. The third-order valence-electron chi connectivity index (χ3n) is 3.96. The molecule has 0 saturated carbocycles. The summed E-state index contributed by atoms with van der Waals surface area (Å²) in [5.41, 5.74) is 1.14. The van der Waals surface area contributed by atoms with Crippen LogP contribution in [0.3, 0.4) is 0 Å². The standard InChI is InChI=1S/C19H23ClN4O2/c1-18(2,3)26-11-19(4,5)16(25)23-17-22-14-9-12(20)10-21-15(14)24(17)13-7-6-8-13/h6-10H,11H2,1-5H3,(H,22,23,25). The highest BCUT2D eigenvalue weighted by atomic mass is 35.5. The van der Waals surface area contributed by atoms with Gasteiger partial charge in [0.1, 0.15) is 5.52 Å². The molecule has 138 valence electrons. The van der Waals surface area contributed by atoms with Crippen molar-refractivity contribution in [2.45, 2.75) is 40.2 Å². The van der Waals surface area contributed by atoms with Crippen molar-refractivity contribution in [3.8, 4) is 0 Å². The predicted molar refractivity (Wildman–Crippen MR) is 104 cm³/mol. The molecule has 0 spiro atoms. The third kappa shape index (κ3) is 3.81. The van der Waals surface area contributed by atoms with Gasteiger partial charge in [0.25, 0.3) is 0 Å². The number of allylic oxidation sites excluding steroid dienone is 4. The number of carbonyl (C=O) groups excluding carboxylic acids is 1. The number of aromatic nitrogens is 3. The number of ether oxygens (including phenoxy) is 1. The number of nitrogens with zero attached hydrogens (tertiary/aromatic N) is 3. The summed E-state index contributed by atoms with van der Waals surface area (Å²) in [7, 11) is 0. The maximum Gasteiger partial charge on any atom is 0.234 e. The van der Waals surface area contributed by atoms with Crippen molar-refractivity contribution in [3.63, 3.8) is 0 Å². The van der Waals surface area contributed by atoms with Gasteiger partial charge in [-0.2, -0.15) is 0 Å². The second-order valence-corrected chi connectivity index (χ2v) is 8.39. The number of hydrogen-bond acceptors (Lipinski definition) is 4. The van der Waals surface area contributed by atoms with Gasteiger partial charge in [0, 0.05) is 6.20 Å². The molecule has 1 N–H and O–H groups in total. The molecule has 0 aromatic carbocycles. The van der Waals surface area contributed by atoms with Crippen LogP contribution in [0, 0.1) is 5.41 Å². The molecule has 6 nitrogen and oxygen atoms in total. The van der Waals surface area contributed by atoms with Crippen LogP contribution in [0.15, 0.2) is 30.5 Å². The van der Waals surface area contributed by atoms with Crippen LogP contribution in [0.2, 0.25) is 5.02 Å². The van der Waals surface area contributed by atoms with Gasteiger partial charge in [-0.05, 0) is 52.8 Å². The van der Waals surface area contributed by atoms with Gasteiger partial charge in [0.15, 0.2) is 5.65 Å². The van der Waals surface area contributed by atoms with E-state index in [0.717, 1.165) is 5.70 Å². The molecule has 3 rings (SSSR count). The topological polar surface area (TPSA) is 69.0 Å². The molecule has 7 heteroatoms. The normalized spacial score (nSPS) is 14.3. The first-order valence-electron chi connectivity index (χ1n) is 8.45. The minimum Gasteiger partial charge on any atom is -0.375 e. The predicted octanol–water partition coefficient (Wildman–Crippen LogP) is 4.28. The number of amides is 1. The van der Waals surface area contributed by atoms with Gasteiger partial charge in [-0.3, -0.25) is 14.7 Å². The smallest absolute Gasteiger partial charge is 0.234 e. The maximum atomic E-state index is 12.8. The number of carbonyl (C=O) groups is 1. The molecule has 0 fully saturated rings. The number of halogens is 1. The van der Waals surface area contributed by atoms with E-state index in [-0.39, 0.29) is 11.5 Å². The summed E-state index contributed by atoms with van der Waals surface area (Å²) in [6.07, 6.45) is 7.35. The second kappa shape index (κ2) is 6.52. The Morgan fingerprint density at radius 3 is 2.58 bits per heavy atom. The second-order valence-electron chi connectivity index (χ2n) is 7.96. The van der Waals surface area contributed by atoms with Crippen molar-refractivity contribution in [2.24, 2.45) is 5.41 Å². The number of hydrogen-bond donors (Lipinski definition) is 1. The Bertz CT molecular complexity index is 919. The van der Waals surface area contributed by atoms with Crippen LogP contribution in [-0.2, 0) is 9.53 Å². The van der Waals surface area contributed by atoms with E-state index >= 15 is 0 Å². The van der Waals surface area contributed by atoms with E-state index in [9.17, 15) is 4.79 Å². The minimum atomic E-state index is -0.717. The fourth-order valence-electron chi connectivity index (χ4n) is 2.33. The Kier molecular flexibility index (Phi) is 4.67. The van der Waals surface area contributed by atoms with Crippen molar-refractivity contribution in [3.05, 3.63) is 35.5 Å². The summed E-state index contributed by atoms with van der Waals surface area (Å²) in [6.45, 7) is 9.88. The number of imidazole rings is 1. The SMILES string of the molecule is CC(C)(C)OCC(C)(C)C(=O)Nc1nc2cc(Cl)cnc2n1C1=CC=C1. The monoisotopic (exact) mass is 374 g/mol. The van der Waals surface area contributed by atoms with E-state index in [1.165, 1.54) is 0 Å². The maximum absolute atomic E-state index is 12.8. The van der Waals surface area contributed by atoms with Crippen LogP contribution in [-0.4, -0.2) is 32.7 Å². The summed E-state index contributed by atoms with van der Waals surface area (Å²) < 4.78 is 7.61. The average Bonchev–Trinajstić information content (AvgIpc) is 2.80. The Morgan fingerprint density at radius 1 is 1.31 bits per heavy atom. The van der Waals surface area contributed by atoms with Gasteiger partial charge in [0.05, 0.1) is 28.3 Å². The molecule has 0 radical (unpaired) electrons. The van der Waals surface area contributed by atoms with E-state index in [1.54, 1.807) is 12.3 Å². The lowest BCUT2D eigenvalue weighted by molar-refractivity contribution is -0.130. The Balaban J connectivity index is 1.89. The molecule has 1 aliphatic carbocycles. The summed E-state index contributed by atoms with van der Waals surface area (Å²) in [5, 5.41) is 3.42. The molecule has 0 aliphatic heterocycles. The minimum absolute atomic E-state index is 0.173. The Labute approximate surface area is 157 Å². The highest BCUT2D eigenvalue weighted by Gasteiger charge is 2.31. The molecule has 0 saturated heterocycles. The van der Waals surface area contributed by atoms with Gasteiger partial charge in [-0.25, -0.2) is 9.97 Å².